The first-order chi connectivity index (χ1) is 11.6. The van der Waals surface area contributed by atoms with E-state index in [0.29, 0.717) is 5.56 Å². The van der Waals surface area contributed by atoms with Gasteiger partial charge < -0.3 is 11.1 Å². The molecule has 0 saturated carbocycles. The van der Waals surface area contributed by atoms with Crippen molar-refractivity contribution in [3.8, 4) is 0 Å². The highest BCUT2D eigenvalue weighted by Gasteiger charge is 2.14. The molecule has 0 aliphatic heterocycles. The first-order valence-corrected chi connectivity index (χ1v) is 8.05. The van der Waals surface area contributed by atoms with Gasteiger partial charge in [-0.1, -0.05) is 30.3 Å². The number of hydrogen-bond acceptors (Lipinski definition) is 3. The van der Waals surface area contributed by atoms with Crippen molar-refractivity contribution in [1.29, 1.82) is 0 Å². The lowest BCUT2D eigenvalue weighted by molar-refractivity contribution is -0.385. The Bertz CT molecular complexity index is 786. The van der Waals surface area contributed by atoms with E-state index in [1.807, 2.05) is 12.1 Å². The van der Waals surface area contributed by atoms with Gasteiger partial charge in [-0.15, -0.1) is 0 Å². The summed E-state index contributed by atoms with van der Waals surface area (Å²) in [6, 6.07) is 12.7. The SMILES string of the molecule is NC(=NCc1ccccc1[N+](=O)[O-])Nc1cccc2c1CCCC2. The molecule has 3 N–H and O–H groups in total. The van der Waals surface area contributed by atoms with Crippen LogP contribution >= 0.6 is 0 Å². The van der Waals surface area contributed by atoms with E-state index in [9.17, 15) is 10.1 Å². The summed E-state index contributed by atoms with van der Waals surface area (Å²) in [5.41, 5.74) is 10.2. The molecule has 2 aromatic carbocycles. The van der Waals surface area contributed by atoms with Crippen LogP contribution in [0.3, 0.4) is 0 Å². The van der Waals surface area contributed by atoms with E-state index >= 15 is 0 Å². The van der Waals surface area contributed by atoms with Gasteiger partial charge in [0.2, 0.25) is 0 Å². The normalized spacial score (nSPS) is 14.1. The van der Waals surface area contributed by atoms with Crippen molar-refractivity contribution in [3.63, 3.8) is 0 Å². The fraction of sp³-hybridized carbons (Fsp3) is 0.278. The van der Waals surface area contributed by atoms with E-state index < -0.39 is 4.92 Å². The lowest BCUT2D eigenvalue weighted by atomic mass is 9.90. The summed E-state index contributed by atoms with van der Waals surface area (Å²) in [6.45, 7) is 0.172. The molecule has 0 atom stereocenters. The molecule has 0 aromatic heterocycles. The van der Waals surface area contributed by atoms with Gasteiger partial charge in [0.1, 0.15) is 0 Å². The number of nitro benzene ring substituents is 1. The highest BCUT2D eigenvalue weighted by Crippen LogP contribution is 2.27. The maximum Gasteiger partial charge on any atom is 0.274 e. The molecule has 6 nitrogen and oxygen atoms in total. The number of nitrogens with two attached hydrogens (primary N) is 1. The second kappa shape index (κ2) is 7.12. The minimum atomic E-state index is -0.401. The van der Waals surface area contributed by atoms with Crippen LogP contribution in [-0.2, 0) is 19.4 Å². The van der Waals surface area contributed by atoms with Crippen LogP contribution in [0.25, 0.3) is 0 Å². The largest absolute Gasteiger partial charge is 0.370 e. The molecule has 0 saturated heterocycles. The highest BCUT2D eigenvalue weighted by molar-refractivity contribution is 5.93. The lowest BCUT2D eigenvalue weighted by Gasteiger charge is -2.19. The minimum absolute atomic E-state index is 0.0612. The van der Waals surface area contributed by atoms with Gasteiger partial charge in [0, 0.05) is 11.8 Å². The van der Waals surface area contributed by atoms with Gasteiger partial charge in [0.25, 0.3) is 5.69 Å². The van der Waals surface area contributed by atoms with E-state index in [4.69, 9.17) is 5.73 Å². The van der Waals surface area contributed by atoms with Crippen molar-refractivity contribution >= 4 is 17.3 Å². The number of fused-ring (bicyclic) bond motifs is 1. The van der Waals surface area contributed by atoms with Crippen LogP contribution in [0.2, 0.25) is 0 Å². The summed E-state index contributed by atoms with van der Waals surface area (Å²) in [6.07, 6.45) is 4.53. The van der Waals surface area contributed by atoms with Crippen LogP contribution in [-0.4, -0.2) is 10.9 Å². The number of aryl methyl sites for hydroxylation is 1. The Morgan fingerprint density at radius 2 is 1.96 bits per heavy atom. The zero-order valence-electron chi connectivity index (χ0n) is 13.4. The Hall–Kier alpha value is -2.89. The Labute approximate surface area is 140 Å². The summed E-state index contributed by atoms with van der Waals surface area (Å²) in [4.78, 5) is 14.9. The number of anilines is 1. The highest BCUT2D eigenvalue weighted by atomic mass is 16.6. The number of aliphatic imine (C=N–C) groups is 1. The van der Waals surface area contributed by atoms with Crippen molar-refractivity contribution in [3.05, 3.63) is 69.3 Å². The number of hydrogen-bond donors (Lipinski definition) is 2. The maximum absolute atomic E-state index is 11.0. The fourth-order valence-corrected chi connectivity index (χ4v) is 3.07. The van der Waals surface area contributed by atoms with Crippen LogP contribution in [0.5, 0.6) is 0 Å². The van der Waals surface area contributed by atoms with Crippen molar-refractivity contribution in [1.82, 2.24) is 0 Å². The van der Waals surface area contributed by atoms with E-state index in [-0.39, 0.29) is 18.2 Å². The predicted molar refractivity (Wildman–Crippen MR) is 95.1 cm³/mol. The van der Waals surface area contributed by atoms with Crippen molar-refractivity contribution in [2.24, 2.45) is 10.7 Å². The third-order valence-corrected chi connectivity index (χ3v) is 4.27. The number of para-hydroxylation sites is 1. The first kappa shape index (κ1) is 16.0. The molecule has 0 spiro atoms. The summed E-state index contributed by atoms with van der Waals surface area (Å²) in [5.74, 6) is 0.270. The average Bonchev–Trinajstić information content (AvgIpc) is 2.60. The van der Waals surface area contributed by atoms with E-state index in [2.05, 4.69) is 16.4 Å². The lowest BCUT2D eigenvalue weighted by Crippen LogP contribution is -2.24. The van der Waals surface area contributed by atoms with Crippen molar-refractivity contribution in [2.75, 3.05) is 5.32 Å². The summed E-state index contributed by atoms with van der Waals surface area (Å²) in [7, 11) is 0. The van der Waals surface area contributed by atoms with Gasteiger partial charge in [-0.2, -0.15) is 0 Å². The molecule has 0 radical (unpaired) electrons. The molecule has 0 fully saturated rings. The Kier molecular flexibility index (Phi) is 4.74. The van der Waals surface area contributed by atoms with Gasteiger partial charge in [-0.05, 0) is 42.9 Å². The van der Waals surface area contributed by atoms with Crippen LogP contribution < -0.4 is 11.1 Å². The average molecular weight is 324 g/mol. The van der Waals surface area contributed by atoms with Gasteiger partial charge in [0.05, 0.1) is 17.0 Å². The predicted octanol–water partition coefficient (Wildman–Crippen LogP) is 3.40. The molecule has 2 aromatic rings. The summed E-state index contributed by atoms with van der Waals surface area (Å²) in [5, 5.41) is 14.2. The molecule has 1 aliphatic rings. The molecular formula is C18H20N4O2. The molecule has 124 valence electrons. The standard InChI is InChI=1S/C18H20N4O2/c19-18(20-12-14-7-2-4-11-17(14)22(23)24)21-16-10-5-8-13-6-1-3-9-15(13)16/h2,4-5,7-8,10-11H,1,3,6,9,12H2,(H3,19,20,21). The molecule has 0 bridgehead atoms. The van der Waals surface area contributed by atoms with Crippen molar-refractivity contribution in [2.45, 2.75) is 32.2 Å². The van der Waals surface area contributed by atoms with Crippen LogP contribution in [0.4, 0.5) is 11.4 Å². The minimum Gasteiger partial charge on any atom is -0.370 e. The van der Waals surface area contributed by atoms with Gasteiger partial charge >= 0.3 is 0 Å². The van der Waals surface area contributed by atoms with Gasteiger partial charge in [0.15, 0.2) is 5.96 Å². The molecule has 6 heteroatoms. The molecule has 0 heterocycles. The van der Waals surface area contributed by atoms with Crippen molar-refractivity contribution < 1.29 is 4.92 Å². The third-order valence-electron chi connectivity index (χ3n) is 4.27. The number of guanidine groups is 1. The third kappa shape index (κ3) is 3.53. The molecule has 1 aliphatic carbocycles. The van der Waals surface area contributed by atoms with Gasteiger partial charge in [-0.3, -0.25) is 10.1 Å². The fourth-order valence-electron chi connectivity index (χ4n) is 3.07. The zero-order chi connectivity index (χ0) is 16.9. The second-order valence-electron chi connectivity index (χ2n) is 5.86. The quantitative estimate of drug-likeness (QED) is 0.390. The Balaban J connectivity index is 1.75. The van der Waals surface area contributed by atoms with E-state index in [1.165, 1.54) is 30.0 Å². The molecule has 3 rings (SSSR count). The van der Waals surface area contributed by atoms with Crippen LogP contribution in [0.1, 0.15) is 29.5 Å². The molecule has 0 unspecified atom stereocenters. The monoisotopic (exact) mass is 324 g/mol. The topological polar surface area (TPSA) is 93.5 Å². The number of nitro groups is 1. The molecular weight excluding hydrogens is 304 g/mol. The smallest absolute Gasteiger partial charge is 0.274 e. The second-order valence-corrected chi connectivity index (χ2v) is 5.86. The maximum atomic E-state index is 11.0. The number of nitrogens with zero attached hydrogens (tertiary/aromatic N) is 2. The van der Waals surface area contributed by atoms with Gasteiger partial charge in [-0.25, -0.2) is 4.99 Å². The summed E-state index contributed by atoms with van der Waals surface area (Å²) < 4.78 is 0. The molecule has 24 heavy (non-hydrogen) atoms. The van der Waals surface area contributed by atoms with E-state index in [1.54, 1.807) is 18.2 Å². The molecule has 0 amide bonds. The number of benzene rings is 2. The Morgan fingerprint density at radius 1 is 1.17 bits per heavy atom. The zero-order valence-corrected chi connectivity index (χ0v) is 13.4. The number of nitrogens with one attached hydrogen (secondary N) is 1. The first-order valence-electron chi connectivity index (χ1n) is 8.05. The van der Waals surface area contributed by atoms with E-state index in [0.717, 1.165) is 18.5 Å². The van der Waals surface area contributed by atoms with Crippen LogP contribution in [0.15, 0.2) is 47.5 Å². The summed E-state index contributed by atoms with van der Waals surface area (Å²) >= 11 is 0. The van der Waals surface area contributed by atoms with Crippen LogP contribution in [0, 0.1) is 10.1 Å². The number of rotatable bonds is 4. The Morgan fingerprint density at radius 3 is 2.79 bits per heavy atom.